The maximum atomic E-state index is 10.7. The number of ether oxygens (including phenoxy) is 1. The highest BCUT2D eigenvalue weighted by atomic mass is 16.5. The number of carbonyl (C=O) groups is 1. The van der Waals surface area contributed by atoms with E-state index in [1.54, 1.807) is 0 Å². The van der Waals surface area contributed by atoms with Gasteiger partial charge in [-0.25, -0.2) is 0 Å². The molecule has 0 saturated carbocycles. The average Bonchev–Trinajstić information content (AvgIpc) is 2.26. The van der Waals surface area contributed by atoms with Crippen LogP contribution in [0, 0.1) is 0 Å². The maximum Gasteiger partial charge on any atom is 0.303 e. The van der Waals surface area contributed by atoms with Crippen molar-refractivity contribution in [2.75, 3.05) is 6.61 Å². The Morgan fingerprint density at radius 1 is 1.33 bits per heavy atom. The number of carboxylic acid groups (broad SMARTS) is 1. The first-order valence-corrected chi connectivity index (χ1v) is 6.32. The lowest BCUT2D eigenvalue weighted by Gasteiger charge is -2.21. The molecule has 0 unspecified atom stereocenters. The van der Waals surface area contributed by atoms with Crippen molar-refractivity contribution in [1.29, 1.82) is 0 Å². The zero-order valence-electron chi connectivity index (χ0n) is 11.6. The SMILES string of the molecule is CCOc1ccc(C(C)(C)C)cc1CCC(=O)O. The van der Waals surface area contributed by atoms with E-state index in [1.165, 1.54) is 5.56 Å². The summed E-state index contributed by atoms with van der Waals surface area (Å²) in [5.74, 6) is 0.0189. The largest absolute Gasteiger partial charge is 0.494 e. The molecule has 0 aromatic heterocycles. The second kappa shape index (κ2) is 5.89. The molecule has 0 radical (unpaired) electrons. The fraction of sp³-hybridized carbons (Fsp3) is 0.533. The van der Waals surface area contributed by atoms with Crippen LogP contribution in [0.2, 0.25) is 0 Å². The Balaban J connectivity index is 3.03. The van der Waals surface area contributed by atoms with Crippen molar-refractivity contribution in [1.82, 2.24) is 0 Å². The third-order valence-corrected chi connectivity index (χ3v) is 2.83. The van der Waals surface area contributed by atoms with Crippen LogP contribution in [0.25, 0.3) is 0 Å². The average molecular weight is 250 g/mol. The van der Waals surface area contributed by atoms with E-state index >= 15 is 0 Å². The molecule has 18 heavy (non-hydrogen) atoms. The number of aliphatic carboxylic acids is 1. The van der Waals surface area contributed by atoms with Crippen LogP contribution in [0.15, 0.2) is 18.2 Å². The summed E-state index contributed by atoms with van der Waals surface area (Å²) >= 11 is 0. The number of hydrogen-bond acceptors (Lipinski definition) is 2. The van der Waals surface area contributed by atoms with Gasteiger partial charge in [0.15, 0.2) is 0 Å². The summed E-state index contributed by atoms with van der Waals surface area (Å²) in [7, 11) is 0. The first-order chi connectivity index (χ1) is 8.34. The molecule has 0 atom stereocenters. The second-order valence-corrected chi connectivity index (χ2v) is 5.40. The Morgan fingerprint density at radius 3 is 2.50 bits per heavy atom. The molecule has 0 aliphatic rings. The molecule has 3 nitrogen and oxygen atoms in total. The van der Waals surface area contributed by atoms with Gasteiger partial charge in [0.1, 0.15) is 5.75 Å². The third-order valence-electron chi connectivity index (χ3n) is 2.83. The lowest BCUT2D eigenvalue weighted by Crippen LogP contribution is -2.12. The van der Waals surface area contributed by atoms with Crippen LogP contribution in [0.4, 0.5) is 0 Å². The Morgan fingerprint density at radius 2 is 2.00 bits per heavy atom. The van der Waals surface area contributed by atoms with Gasteiger partial charge in [0.25, 0.3) is 0 Å². The van der Waals surface area contributed by atoms with Gasteiger partial charge in [-0.1, -0.05) is 32.9 Å². The van der Waals surface area contributed by atoms with Gasteiger partial charge in [-0.05, 0) is 36.0 Å². The lowest BCUT2D eigenvalue weighted by atomic mass is 9.85. The molecule has 0 heterocycles. The van der Waals surface area contributed by atoms with E-state index in [4.69, 9.17) is 9.84 Å². The summed E-state index contributed by atoms with van der Waals surface area (Å²) in [6.07, 6.45) is 0.641. The third kappa shape index (κ3) is 4.06. The molecule has 100 valence electrons. The highest BCUT2D eigenvalue weighted by molar-refractivity contribution is 5.67. The first kappa shape index (κ1) is 14.6. The molecule has 1 aromatic rings. The van der Waals surface area contributed by atoms with E-state index in [0.29, 0.717) is 13.0 Å². The maximum absolute atomic E-state index is 10.7. The fourth-order valence-corrected chi connectivity index (χ4v) is 1.78. The van der Waals surface area contributed by atoms with E-state index in [2.05, 4.69) is 32.9 Å². The van der Waals surface area contributed by atoms with Gasteiger partial charge < -0.3 is 9.84 Å². The van der Waals surface area contributed by atoms with E-state index < -0.39 is 5.97 Å². The number of carboxylic acids is 1. The summed E-state index contributed by atoms with van der Waals surface area (Å²) in [4.78, 5) is 10.7. The molecule has 0 spiro atoms. The zero-order chi connectivity index (χ0) is 13.8. The van der Waals surface area contributed by atoms with Crippen molar-refractivity contribution in [3.63, 3.8) is 0 Å². The van der Waals surface area contributed by atoms with Gasteiger partial charge in [-0.15, -0.1) is 0 Å². The van der Waals surface area contributed by atoms with Gasteiger partial charge >= 0.3 is 5.97 Å². The molecular formula is C15H22O3. The lowest BCUT2D eigenvalue weighted by molar-refractivity contribution is -0.136. The van der Waals surface area contributed by atoms with Gasteiger partial charge in [0.2, 0.25) is 0 Å². The number of rotatable bonds is 5. The van der Waals surface area contributed by atoms with Crippen LogP contribution in [0.1, 0.15) is 45.2 Å². The summed E-state index contributed by atoms with van der Waals surface area (Å²) in [6.45, 7) is 8.95. The molecular weight excluding hydrogens is 228 g/mol. The highest BCUT2D eigenvalue weighted by Crippen LogP contribution is 2.28. The van der Waals surface area contributed by atoms with Crippen LogP contribution in [-0.2, 0) is 16.6 Å². The van der Waals surface area contributed by atoms with E-state index in [9.17, 15) is 4.79 Å². The van der Waals surface area contributed by atoms with Gasteiger partial charge in [-0.3, -0.25) is 4.79 Å². The summed E-state index contributed by atoms with van der Waals surface area (Å²) in [5, 5.41) is 8.78. The fourth-order valence-electron chi connectivity index (χ4n) is 1.78. The second-order valence-electron chi connectivity index (χ2n) is 5.40. The van der Waals surface area contributed by atoms with Crippen molar-refractivity contribution in [2.24, 2.45) is 0 Å². The molecule has 1 rings (SSSR count). The van der Waals surface area contributed by atoms with Crippen LogP contribution in [0.3, 0.4) is 0 Å². The Bertz CT molecular complexity index is 416. The molecule has 0 aliphatic carbocycles. The Kier molecular flexibility index (Phi) is 4.76. The van der Waals surface area contributed by atoms with E-state index in [-0.39, 0.29) is 11.8 Å². The molecule has 3 heteroatoms. The topological polar surface area (TPSA) is 46.5 Å². The number of hydrogen-bond donors (Lipinski definition) is 1. The summed E-state index contributed by atoms with van der Waals surface area (Å²) in [6, 6.07) is 6.06. The molecule has 0 bridgehead atoms. The highest BCUT2D eigenvalue weighted by Gasteiger charge is 2.16. The molecule has 1 aromatic carbocycles. The Hall–Kier alpha value is -1.51. The normalized spacial score (nSPS) is 11.3. The summed E-state index contributed by atoms with van der Waals surface area (Å²) in [5.41, 5.74) is 2.24. The molecule has 0 amide bonds. The Labute approximate surface area is 109 Å². The van der Waals surface area contributed by atoms with Gasteiger partial charge in [0, 0.05) is 6.42 Å². The van der Waals surface area contributed by atoms with Gasteiger partial charge in [-0.2, -0.15) is 0 Å². The predicted molar refractivity (Wildman–Crippen MR) is 72.3 cm³/mol. The van der Waals surface area contributed by atoms with Crippen molar-refractivity contribution in [3.05, 3.63) is 29.3 Å². The van der Waals surface area contributed by atoms with E-state index in [1.807, 2.05) is 13.0 Å². The zero-order valence-corrected chi connectivity index (χ0v) is 11.6. The van der Waals surface area contributed by atoms with Crippen molar-refractivity contribution >= 4 is 5.97 Å². The number of aryl methyl sites for hydroxylation is 1. The number of benzene rings is 1. The van der Waals surface area contributed by atoms with Crippen LogP contribution < -0.4 is 4.74 Å². The van der Waals surface area contributed by atoms with Gasteiger partial charge in [0.05, 0.1) is 6.61 Å². The molecule has 0 aliphatic heterocycles. The smallest absolute Gasteiger partial charge is 0.303 e. The van der Waals surface area contributed by atoms with Crippen LogP contribution >= 0.6 is 0 Å². The predicted octanol–water partition coefficient (Wildman–Crippen LogP) is 3.40. The molecule has 0 saturated heterocycles. The first-order valence-electron chi connectivity index (χ1n) is 6.32. The molecule has 1 N–H and O–H groups in total. The van der Waals surface area contributed by atoms with E-state index in [0.717, 1.165) is 11.3 Å². The minimum Gasteiger partial charge on any atom is -0.494 e. The van der Waals surface area contributed by atoms with Crippen molar-refractivity contribution < 1.29 is 14.6 Å². The van der Waals surface area contributed by atoms with Crippen molar-refractivity contribution in [3.8, 4) is 5.75 Å². The standard InChI is InChI=1S/C15H22O3/c1-5-18-13-8-7-12(15(2,3)4)10-11(13)6-9-14(16)17/h7-8,10H,5-6,9H2,1-4H3,(H,16,17). The minimum absolute atomic E-state index is 0.0583. The minimum atomic E-state index is -0.779. The summed E-state index contributed by atoms with van der Waals surface area (Å²) < 4.78 is 5.54. The quantitative estimate of drug-likeness (QED) is 0.871. The molecule has 0 fully saturated rings. The van der Waals surface area contributed by atoms with Crippen molar-refractivity contribution in [2.45, 2.75) is 46.0 Å². The van der Waals surface area contributed by atoms with Crippen LogP contribution in [0.5, 0.6) is 5.75 Å². The van der Waals surface area contributed by atoms with Crippen LogP contribution in [-0.4, -0.2) is 17.7 Å². The monoisotopic (exact) mass is 250 g/mol.